The maximum absolute atomic E-state index is 5.74. The number of para-hydroxylation sites is 2. The maximum atomic E-state index is 5.74. The molecule has 0 aliphatic carbocycles. The van der Waals surface area contributed by atoms with Gasteiger partial charge in [-0.05, 0) is 58.2 Å². The summed E-state index contributed by atoms with van der Waals surface area (Å²) in [5, 5.41) is 9.57. The summed E-state index contributed by atoms with van der Waals surface area (Å²) in [7, 11) is 0. The van der Waals surface area contributed by atoms with Crippen LogP contribution in [-0.4, -0.2) is 40.0 Å². The maximum Gasteiger partial charge on any atom is 0.259 e. The topological polar surface area (TPSA) is 86.7 Å². The van der Waals surface area contributed by atoms with Crippen LogP contribution in [0.15, 0.2) is 254 Å². The van der Waals surface area contributed by atoms with Gasteiger partial charge in [0.15, 0.2) is 5.65 Å². The fourth-order valence-corrected chi connectivity index (χ4v) is 10.0. The van der Waals surface area contributed by atoms with Crippen LogP contribution in [0, 0.1) is 0 Å². The monoisotopic (exact) mass is 1020 g/mol. The summed E-state index contributed by atoms with van der Waals surface area (Å²) in [4.78, 5) is 21.9. The first-order chi connectivity index (χ1) is 35.7. The number of rotatable bonds is 8. The van der Waals surface area contributed by atoms with Gasteiger partial charge in [0.05, 0.1) is 28.1 Å². The third kappa shape index (κ3) is 8.22. The van der Waals surface area contributed by atoms with Crippen molar-refractivity contribution in [1.29, 1.82) is 0 Å². The Balaban J connectivity index is 0.00000543. The van der Waals surface area contributed by atoms with Crippen molar-refractivity contribution in [1.82, 2.24) is 34.3 Å². The molecular weight excluding hydrogens is 982 g/mol. The van der Waals surface area contributed by atoms with E-state index >= 15 is 0 Å². The third-order valence-corrected chi connectivity index (χ3v) is 13.1. The van der Waals surface area contributed by atoms with Crippen molar-refractivity contribution in [2.75, 3.05) is 0 Å². The molecule has 11 aromatic rings. The van der Waals surface area contributed by atoms with Crippen molar-refractivity contribution < 1.29 is 19.5 Å². The van der Waals surface area contributed by atoms with Crippen LogP contribution >= 0.6 is 0 Å². The van der Waals surface area contributed by atoms with Gasteiger partial charge in [0.2, 0.25) is 0 Å². The van der Waals surface area contributed by atoms with Gasteiger partial charge in [-0.25, -0.2) is 15.0 Å². The van der Waals surface area contributed by atoms with E-state index in [1.807, 2.05) is 59.2 Å². The first-order valence-electron chi connectivity index (χ1n) is 24.0. The molecular formula is C64H42N8Ru. The van der Waals surface area contributed by atoms with Crippen LogP contribution in [0.25, 0.3) is 90.0 Å². The molecule has 0 radical (unpaired) electrons. The predicted molar refractivity (Wildman–Crippen MR) is 291 cm³/mol. The normalized spacial score (nSPS) is 11.9. The molecule has 13 rings (SSSR count). The molecule has 0 saturated carbocycles. The molecule has 0 unspecified atom stereocenters. The molecule has 8 bridgehead atoms. The Morgan fingerprint density at radius 3 is 1.21 bits per heavy atom. The summed E-state index contributed by atoms with van der Waals surface area (Å²) in [5.74, 6) is 0.578. The molecule has 5 heterocycles. The minimum Gasteiger partial charge on any atom is -0.308 e. The van der Waals surface area contributed by atoms with E-state index in [1.54, 1.807) is 0 Å². The Bertz CT molecular complexity index is 3810. The second kappa shape index (κ2) is 19.5. The van der Waals surface area contributed by atoms with Crippen molar-refractivity contribution in [3.05, 3.63) is 277 Å². The summed E-state index contributed by atoms with van der Waals surface area (Å²) in [6, 6.07) is 86.3. The van der Waals surface area contributed by atoms with Crippen LogP contribution < -0.4 is 0 Å². The Morgan fingerprint density at radius 1 is 0.329 bits per heavy atom. The van der Waals surface area contributed by atoms with Crippen molar-refractivity contribution in [2.24, 2.45) is 4.99 Å². The molecule has 0 N–H and O–H groups in total. The molecule has 0 amide bonds. The van der Waals surface area contributed by atoms with E-state index in [4.69, 9.17) is 30.1 Å². The molecule has 9 heteroatoms. The molecule has 0 saturated heterocycles. The van der Waals surface area contributed by atoms with Gasteiger partial charge in [-0.2, -0.15) is 4.98 Å². The summed E-state index contributed by atoms with van der Waals surface area (Å²) in [6.07, 6.45) is 2.17. The number of hydrogen-bond acceptors (Lipinski definition) is 6. The van der Waals surface area contributed by atoms with Crippen LogP contribution in [0.2, 0.25) is 0 Å². The quantitative estimate of drug-likeness (QED) is 0.142. The largest absolute Gasteiger partial charge is 0.308 e. The SMILES string of the molecule is C1=C(c2ccccc2)c2nc1cc1nnc(nc3nc(c(-c4ccccc4)c4c(-c5ccccc5)c(-c5ccccc5)c(c2-c2ccccc2)n4-c2ccccc2)C(c2ccccc2)=N3)n1-c1ccccc1.[Ru]. The van der Waals surface area contributed by atoms with Gasteiger partial charge in [0.25, 0.3) is 11.7 Å². The molecule has 8 aromatic carbocycles. The molecule has 8 nitrogen and oxygen atoms in total. The smallest absolute Gasteiger partial charge is 0.259 e. The molecule has 3 aromatic heterocycles. The molecule has 73 heavy (non-hydrogen) atoms. The Morgan fingerprint density at radius 2 is 0.726 bits per heavy atom. The Hall–Kier alpha value is -9.30. The number of aromatic nitrogens is 7. The second-order valence-electron chi connectivity index (χ2n) is 17.5. The fourth-order valence-electron chi connectivity index (χ4n) is 10.0. The van der Waals surface area contributed by atoms with Crippen LogP contribution in [0.3, 0.4) is 0 Å². The van der Waals surface area contributed by atoms with Gasteiger partial charge in [-0.1, -0.05) is 218 Å². The van der Waals surface area contributed by atoms with E-state index < -0.39 is 0 Å². The zero-order chi connectivity index (χ0) is 47.8. The second-order valence-corrected chi connectivity index (χ2v) is 17.5. The van der Waals surface area contributed by atoms with Crippen molar-refractivity contribution in [2.45, 2.75) is 0 Å². The molecule has 2 aliphatic rings. The van der Waals surface area contributed by atoms with Crippen molar-refractivity contribution >= 4 is 45.8 Å². The van der Waals surface area contributed by atoms with Gasteiger partial charge in [0, 0.05) is 64.6 Å². The zero-order valence-corrected chi connectivity index (χ0v) is 40.9. The number of fused-ring (bicyclic) bond motifs is 8. The van der Waals surface area contributed by atoms with Crippen LogP contribution in [0.1, 0.15) is 28.2 Å². The number of nitrogens with zero attached hydrogens (tertiary/aromatic N) is 8. The molecule has 0 fully saturated rings. The van der Waals surface area contributed by atoms with Crippen LogP contribution in [-0.2, 0) is 19.5 Å². The number of benzene rings is 8. The average Bonchev–Trinajstić information content (AvgIpc) is 4.25. The number of hydrogen-bond donors (Lipinski definition) is 0. The first-order valence-corrected chi connectivity index (χ1v) is 24.0. The summed E-state index contributed by atoms with van der Waals surface area (Å²) in [5.41, 5.74) is 17.8. The molecule has 346 valence electrons. The van der Waals surface area contributed by atoms with E-state index in [9.17, 15) is 0 Å². The van der Waals surface area contributed by atoms with E-state index in [1.165, 1.54) is 0 Å². The van der Waals surface area contributed by atoms with Crippen molar-refractivity contribution in [3.8, 4) is 55.9 Å². The van der Waals surface area contributed by atoms with Crippen LogP contribution in [0.4, 0.5) is 5.95 Å². The predicted octanol–water partition coefficient (Wildman–Crippen LogP) is 14.8. The third-order valence-electron chi connectivity index (χ3n) is 13.1. The van der Waals surface area contributed by atoms with Gasteiger partial charge in [0.1, 0.15) is 11.4 Å². The van der Waals surface area contributed by atoms with E-state index in [0.29, 0.717) is 28.5 Å². The Labute approximate surface area is 434 Å². The average molecular weight is 1020 g/mol. The molecule has 0 spiro atoms. The minimum atomic E-state index is 0. The molecule has 0 atom stereocenters. The summed E-state index contributed by atoms with van der Waals surface area (Å²) < 4.78 is 4.39. The van der Waals surface area contributed by atoms with Gasteiger partial charge in [-0.15, -0.1) is 10.2 Å². The van der Waals surface area contributed by atoms with E-state index in [-0.39, 0.29) is 25.4 Å². The minimum absolute atomic E-state index is 0. The van der Waals surface area contributed by atoms with Crippen LogP contribution in [0.5, 0.6) is 0 Å². The number of aliphatic imine (C=N–C) groups is 1. The van der Waals surface area contributed by atoms with E-state index in [2.05, 4.69) is 205 Å². The van der Waals surface area contributed by atoms with Gasteiger partial charge in [-0.3, -0.25) is 4.57 Å². The van der Waals surface area contributed by atoms with Gasteiger partial charge >= 0.3 is 0 Å². The Kier molecular flexibility index (Phi) is 12.0. The standard InChI is InChI=1S/C64H42N8.Ru/c1-9-25-43(26-10-1)52-41-49-42-53-69-70-64(71(53)50-37-21-7-22-38-50)68-63-66-58(48-35-19-6-20-36-48)60(67-63)57(47-33-17-5-18-34-47)62-55(45-29-13-3-14-30-45)54(44-27-11-2-12-28-44)61(72(62)51-39-23-8-24-40-51)56(59(52)65-49)46-31-15-4-16-32-46;/h1-42H;. The summed E-state index contributed by atoms with van der Waals surface area (Å²) >= 11 is 0. The van der Waals surface area contributed by atoms with Crippen molar-refractivity contribution in [3.63, 3.8) is 0 Å². The zero-order valence-electron chi connectivity index (χ0n) is 39.2. The van der Waals surface area contributed by atoms with Gasteiger partial charge < -0.3 is 4.57 Å². The first kappa shape index (κ1) is 44.9. The molecule has 2 aliphatic heterocycles. The fraction of sp³-hybridized carbons (Fsp3) is 0. The summed E-state index contributed by atoms with van der Waals surface area (Å²) in [6.45, 7) is 0. The van der Waals surface area contributed by atoms with E-state index in [0.717, 1.165) is 89.3 Å².